The third-order valence-electron chi connectivity index (χ3n) is 6.35. The summed E-state index contributed by atoms with van der Waals surface area (Å²) in [6, 6.07) is 9.26. The van der Waals surface area contributed by atoms with E-state index in [1.54, 1.807) is 28.5 Å². The van der Waals surface area contributed by atoms with Crippen LogP contribution in [0.5, 0.6) is 0 Å². The van der Waals surface area contributed by atoms with Gasteiger partial charge in [-0.05, 0) is 74.4 Å². The molecule has 2 atom stereocenters. The van der Waals surface area contributed by atoms with Crippen LogP contribution in [0.3, 0.4) is 0 Å². The highest BCUT2D eigenvalue weighted by atomic mass is 32.2. The summed E-state index contributed by atoms with van der Waals surface area (Å²) in [5.74, 6) is 0.461. The largest absolute Gasteiger partial charge is 0.352 e. The van der Waals surface area contributed by atoms with Crippen molar-refractivity contribution in [1.82, 2.24) is 25.2 Å². The number of halogens is 1. The highest BCUT2D eigenvalue weighted by molar-refractivity contribution is 7.98. The number of nitrogens with zero attached hydrogens (tertiary/aromatic N) is 4. The highest BCUT2D eigenvalue weighted by Gasteiger charge is 2.28. The van der Waals surface area contributed by atoms with E-state index in [-0.39, 0.29) is 23.8 Å². The van der Waals surface area contributed by atoms with E-state index in [2.05, 4.69) is 20.5 Å². The van der Waals surface area contributed by atoms with Gasteiger partial charge in [0.15, 0.2) is 11.3 Å². The van der Waals surface area contributed by atoms with Gasteiger partial charge < -0.3 is 15.5 Å². The molecular formula is C23H27FN6OS. The summed E-state index contributed by atoms with van der Waals surface area (Å²) in [4.78, 5) is 20.6. The molecule has 1 aromatic carbocycles. The van der Waals surface area contributed by atoms with E-state index in [4.69, 9.17) is 5.10 Å². The lowest BCUT2D eigenvalue weighted by Gasteiger charge is -2.26. The Morgan fingerprint density at radius 2 is 2.22 bits per heavy atom. The highest BCUT2D eigenvalue weighted by Crippen LogP contribution is 2.30. The first kappa shape index (κ1) is 21.2. The second-order valence-corrected chi connectivity index (χ2v) is 9.27. The fourth-order valence-corrected chi connectivity index (χ4v) is 5.33. The van der Waals surface area contributed by atoms with E-state index >= 15 is 0 Å². The Labute approximate surface area is 190 Å². The van der Waals surface area contributed by atoms with E-state index in [0.717, 1.165) is 61.6 Å². The van der Waals surface area contributed by atoms with Gasteiger partial charge in [0.1, 0.15) is 11.6 Å². The molecule has 2 N–H and O–H groups in total. The molecule has 5 rings (SSSR count). The Bertz CT molecular complexity index is 1130. The molecule has 0 radical (unpaired) electrons. The van der Waals surface area contributed by atoms with E-state index in [9.17, 15) is 9.18 Å². The summed E-state index contributed by atoms with van der Waals surface area (Å²) < 4.78 is 15.5. The molecule has 3 aromatic rings. The number of imidazole rings is 1. The first-order chi connectivity index (χ1) is 15.6. The van der Waals surface area contributed by atoms with Gasteiger partial charge in [0.2, 0.25) is 0 Å². The van der Waals surface area contributed by atoms with Crippen molar-refractivity contribution in [2.75, 3.05) is 30.8 Å². The summed E-state index contributed by atoms with van der Waals surface area (Å²) >= 11 is 1.64. The van der Waals surface area contributed by atoms with Crippen LogP contribution in [0.25, 0.3) is 5.65 Å². The lowest BCUT2D eigenvalue weighted by atomic mass is 10.0. The smallest absolute Gasteiger partial charge is 0.271 e. The number of carbonyl (C=O) groups is 1. The standard InChI is InChI=1S/C23H27FN6OS/c1-32-20-5-4-16(24)11-15(20)12-18-3-2-10-29(18)22-7-6-21-26-14-19(30(21)28-22)23(31)27-17-8-9-25-13-17/h4-7,11,14,17-18,25H,2-3,8-10,12-13H2,1H3,(H,27,31)/t17?,18-/m1/s1. The molecule has 2 aliphatic heterocycles. The normalized spacial score (nSPS) is 20.9. The molecule has 4 heterocycles. The minimum absolute atomic E-state index is 0.135. The van der Waals surface area contributed by atoms with E-state index in [1.807, 2.05) is 24.5 Å². The number of carbonyl (C=O) groups excluding carboxylic acids is 1. The van der Waals surface area contributed by atoms with Gasteiger partial charge in [-0.2, -0.15) is 0 Å². The Balaban J connectivity index is 1.40. The summed E-state index contributed by atoms with van der Waals surface area (Å²) in [7, 11) is 0. The number of amides is 1. The van der Waals surface area contributed by atoms with Crippen LogP contribution in [0.4, 0.5) is 10.2 Å². The van der Waals surface area contributed by atoms with Crippen LogP contribution in [0.15, 0.2) is 41.4 Å². The van der Waals surface area contributed by atoms with Crippen molar-refractivity contribution in [3.63, 3.8) is 0 Å². The van der Waals surface area contributed by atoms with Gasteiger partial charge in [-0.1, -0.05) is 0 Å². The summed E-state index contributed by atoms with van der Waals surface area (Å²) in [6.45, 7) is 2.59. The Morgan fingerprint density at radius 1 is 1.31 bits per heavy atom. The van der Waals surface area contributed by atoms with Gasteiger partial charge in [-0.15, -0.1) is 16.9 Å². The molecule has 0 bridgehead atoms. The number of hydrogen-bond acceptors (Lipinski definition) is 6. The zero-order valence-electron chi connectivity index (χ0n) is 18.1. The predicted molar refractivity (Wildman–Crippen MR) is 124 cm³/mol. The lowest BCUT2D eigenvalue weighted by Crippen LogP contribution is -2.37. The van der Waals surface area contributed by atoms with Crippen molar-refractivity contribution in [3.05, 3.63) is 53.6 Å². The molecule has 2 fully saturated rings. The summed E-state index contributed by atoms with van der Waals surface area (Å²) in [5, 5.41) is 11.1. The second kappa shape index (κ2) is 9.07. The fraction of sp³-hybridized carbons (Fsp3) is 0.435. The molecule has 0 saturated carbocycles. The topological polar surface area (TPSA) is 74.6 Å². The zero-order valence-corrected chi connectivity index (χ0v) is 18.9. The van der Waals surface area contributed by atoms with Crippen LogP contribution in [0, 0.1) is 5.82 Å². The van der Waals surface area contributed by atoms with E-state index in [0.29, 0.717) is 11.3 Å². The van der Waals surface area contributed by atoms with Gasteiger partial charge >= 0.3 is 0 Å². The van der Waals surface area contributed by atoms with Crippen molar-refractivity contribution in [2.45, 2.75) is 42.7 Å². The predicted octanol–water partition coefficient (Wildman–Crippen LogP) is 2.89. The molecule has 32 heavy (non-hydrogen) atoms. The number of fused-ring (bicyclic) bond motifs is 1. The van der Waals surface area contributed by atoms with Crippen LogP contribution >= 0.6 is 11.8 Å². The minimum atomic E-state index is -0.201. The average Bonchev–Trinajstić information content (AvgIpc) is 3.54. The second-order valence-electron chi connectivity index (χ2n) is 8.42. The zero-order chi connectivity index (χ0) is 22.1. The molecular weight excluding hydrogens is 427 g/mol. The van der Waals surface area contributed by atoms with Crippen molar-refractivity contribution < 1.29 is 9.18 Å². The number of anilines is 1. The maximum absolute atomic E-state index is 13.9. The quantitative estimate of drug-likeness (QED) is 0.558. The number of hydrogen-bond donors (Lipinski definition) is 2. The first-order valence-corrected chi connectivity index (χ1v) is 12.3. The summed E-state index contributed by atoms with van der Waals surface area (Å²) in [6.07, 6.45) is 7.37. The van der Waals surface area contributed by atoms with E-state index in [1.165, 1.54) is 6.07 Å². The molecule has 7 nitrogen and oxygen atoms in total. The van der Waals surface area contributed by atoms with Gasteiger partial charge in [0, 0.05) is 30.1 Å². The Kier molecular flexibility index (Phi) is 6.01. The molecule has 9 heteroatoms. The molecule has 2 aliphatic rings. The van der Waals surface area contributed by atoms with Crippen molar-refractivity contribution >= 4 is 29.1 Å². The molecule has 1 unspecified atom stereocenters. The molecule has 0 spiro atoms. The average molecular weight is 455 g/mol. The molecule has 1 amide bonds. The molecule has 0 aliphatic carbocycles. The van der Waals surface area contributed by atoms with Crippen molar-refractivity contribution in [3.8, 4) is 0 Å². The van der Waals surface area contributed by atoms with Crippen molar-refractivity contribution in [1.29, 1.82) is 0 Å². The Hall–Kier alpha value is -2.65. The number of benzene rings is 1. The first-order valence-electron chi connectivity index (χ1n) is 11.1. The van der Waals surface area contributed by atoms with Crippen LogP contribution in [0.2, 0.25) is 0 Å². The van der Waals surface area contributed by atoms with Gasteiger partial charge in [-0.3, -0.25) is 4.79 Å². The third kappa shape index (κ3) is 4.19. The maximum atomic E-state index is 13.9. The number of nitrogens with one attached hydrogen (secondary N) is 2. The maximum Gasteiger partial charge on any atom is 0.271 e. The summed E-state index contributed by atoms with van der Waals surface area (Å²) in [5.41, 5.74) is 2.12. The molecule has 2 saturated heterocycles. The third-order valence-corrected chi connectivity index (χ3v) is 7.18. The molecule has 168 valence electrons. The van der Waals surface area contributed by atoms with Crippen LogP contribution in [-0.2, 0) is 6.42 Å². The van der Waals surface area contributed by atoms with Gasteiger partial charge in [0.05, 0.1) is 6.20 Å². The van der Waals surface area contributed by atoms with Crippen LogP contribution in [0.1, 0.15) is 35.3 Å². The number of rotatable bonds is 6. The SMILES string of the molecule is CSc1ccc(F)cc1C[C@H]1CCCN1c1ccc2ncc(C(=O)NC3CCNC3)n2n1. The number of thioether (sulfide) groups is 1. The Morgan fingerprint density at radius 3 is 3.03 bits per heavy atom. The van der Waals surface area contributed by atoms with Gasteiger partial charge in [0.25, 0.3) is 5.91 Å². The van der Waals surface area contributed by atoms with Crippen LogP contribution < -0.4 is 15.5 Å². The number of aromatic nitrogens is 3. The van der Waals surface area contributed by atoms with Crippen molar-refractivity contribution in [2.24, 2.45) is 0 Å². The van der Waals surface area contributed by atoms with E-state index < -0.39 is 0 Å². The lowest BCUT2D eigenvalue weighted by molar-refractivity contribution is 0.0933. The fourth-order valence-electron chi connectivity index (χ4n) is 4.72. The van der Waals surface area contributed by atoms with Crippen LogP contribution in [-0.4, -0.2) is 58.5 Å². The minimum Gasteiger partial charge on any atom is -0.352 e. The monoisotopic (exact) mass is 454 g/mol. The van der Waals surface area contributed by atoms with Gasteiger partial charge in [-0.25, -0.2) is 13.9 Å². The molecule has 2 aromatic heterocycles.